The van der Waals surface area contributed by atoms with Crippen molar-refractivity contribution in [2.24, 2.45) is 11.5 Å². The number of carbonyl (C=O) groups is 2. The number of hydrogen-bond donors (Lipinski definition) is 3. The van der Waals surface area contributed by atoms with Crippen molar-refractivity contribution in [1.82, 2.24) is 0 Å². The molecule has 0 aliphatic rings. The highest BCUT2D eigenvalue weighted by Crippen LogP contribution is 2.12. The molecular formula is C27H38N2O3. The molecule has 0 radical (unpaired) electrons. The normalized spacial score (nSPS) is 14.0. The average molecular weight is 439 g/mol. The first kappa shape index (κ1) is 25.9. The van der Waals surface area contributed by atoms with Crippen LogP contribution in [0.15, 0.2) is 60.7 Å². The third-order valence-corrected chi connectivity index (χ3v) is 5.76. The number of benzene rings is 2. The van der Waals surface area contributed by atoms with Crippen LogP contribution in [0, 0.1) is 0 Å². The van der Waals surface area contributed by atoms with Gasteiger partial charge in [0, 0.05) is 31.3 Å². The average Bonchev–Trinajstić information content (AvgIpc) is 2.79. The van der Waals surface area contributed by atoms with Crippen LogP contribution in [0.5, 0.6) is 0 Å². The van der Waals surface area contributed by atoms with Gasteiger partial charge in [0.15, 0.2) is 5.78 Å². The minimum atomic E-state index is -1.12. The van der Waals surface area contributed by atoms with Crippen molar-refractivity contribution in [1.29, 1.82) is 0 Å². The van der Waals surface area contributed by atoms with Gasteiger partial charge in [-0.05, 0) is 36.8 Å². The number of rotatable bonds is 16. The molecule has 0 spiro atoms. The van der Waals surface area contributed by atoms with Crippen LogP contribution in [0.2, 0.25) is 0 Å². The minimum Gasteiger partial charge on any atom is -0.384 e. The van der Waals surface area contributed by atoms with E-state index in [-0.39, 0.29) is 17.6 Å². The lowest BCUT2D eigenvalue weighted by Crippen LogP contribution is -2.42. The zero-order valence-corrected chi connectivity index (χ0v) is 19.0. The molecule has 0 bridgehead atoms. The molecule has 0 saturated heterocycles. The van der Waals surface area contributed by atoms with E-state index in [0.717, 1.165) is 49.7 Å². The summed E-state index contributed by atoms with van der Waals surface area (Å²) in [6.45, 7) is 0. The molecule has 5 N–H and O–H groups in total. The van der Waals surface area contributed by atoms with Crippen molar-refractivity contribution < 1.29 is 14.7 Å². The van der Waals surface area contributed by atoms with Crippen LogP contribution >= 0.6 is 0 Å². The maximum absolute atomic E-state index is 12.2. The second kappa shape index (κ2) is 14.7. The maximum atomic E-state index is 12.2. The molecular weight excluding hydrogens is 400 g/mol. The van der Waals surface area contributed by atoms with E-state index in [2.05, 4.69) is 0 Å². The summed E-state index contributed by atoms with van der Waals surface area (Å²) >= 11 is 0. The fourth-order valence-corrected chi connectivity index (χ4v) is 3.92. The Labute approximate surface area is 192 Å². The molecule has 3 unspecified atom stereocenters. The fourth-order valence-electron chi connectivity index (χ4n) is 3.92. The summed E-state index contributed by atoms with van der Waals surface area (Å²) in [5.41, 5.74) is 14.3. The molecule has 2 rings (SSSR count). The first-order chi connectivity index (χ1) is 15.5. The van der Waals surface area contributed by atoms with Gasteiger partial charge < -0.3 is 16.6 Å². The molecule has 174 valence electrons. The van der Waals surface area contributed by atoms with E-state index < -0.39 is 12.1 Å². The summed E-state index contributed by atoms with van der Waals surface area (Å²) in [5.74, 6) is 0.0372. The highest BCUT2D eigenvalue weighted by atomic mass is 16.3. The Morgan fingerprint density at radius 2 is 1.22 bits per heavy atom. The second-order valence-corrected chi connectivity index (χ2v) is 8.73. The second-order valence-electron chi connectivity index (χ2n) is 8.73. The summed E-state index contributed by atoms with van der Waals surface area (Å²) in [6, 6.07) is 18.9. The van der Waals surface area contributed by atoms with E-state index >= 15 is 0 Å². The Bertz CT molecular complexity index is 795. The van der Waals surface area contributed by atoms with Gasteiger partial charge in [-0.15, -0.1) is 0 Å². The lowest BCUT2D eigenvalue weighted by atomic mass is 9.96. The number of ketones is 2. The summed E-state index contributed by atoms with van der Waals surface area (Å²) in [5, 5.41) is 10.2. The molecule has 0 aliphatic heterocycles. The number of carbonyl (C=O) groups excluding carboxylic acids is 2. The van der Waals surface area contributed by atoms with Crippen LogP contribution in [0.1, 0.15) is 62.5 Å². The molecule has 5 nitrogen and oxygen atoms in total. The number of aliphatic hydroxyl groups is 1. The quantitative estimate of drug-likeness (QED) is 0.346. The van der Waals surface area contributed by atoms with Gasteiger partial charge in [0.25, 0.3) is 0 Å². The fraction of sp³-hybridized carbons (Fsp3) is 0.481. The molecule has 0 saturated carbocycles. The first-order valence-electron chi connectivity index (χ1n) is 11.8. The third kappa shape index (κ3) is 10.3. The first-order valence-corrected chi connectivity index (χ1v) is 11.8. The van der Waals surface area contributed by atoms with Crippen LogP contribution < -0.4 is 11.5 Å². The molecule has 32 heavy (non-hydrogen) atoms. The van der Waals surface area contributed by atoms with Gasteiger partial charge in [-0.2, -0.15) is 0 Å². The van der Waals surface area contributed by atoms with E-state index in [4.69, 9.17) is 11.5 Å². The van der Waals surface area contributed by atoms with E-state index in [9.17, 15) is 14.7 Å². The van der Waals surface area contributed by atoms with Crippen LogP contribution in [0.25, 0.3) is 0 Å². The summed E-state index contributed by atoms with van der Waals surface area (Å²) in [7, 11) is 0. The zero-order valence-electron chi connectivity index (χ0n) is 19.0. The van der Waals surface area contributed by atoms with Crippen molar-refractivity contribution in [3.63, 3.8) is 0 Å². The van der Waals surface area contributed by atoms with Gasteiger partial charge >= 0.3 is 0 Å². The Balaban J connectivity index is 1.50. The molecule has 2 aromatic rings. The lowest BCUT2D eigenvalue weighted by Gasteiger charge is -2.17. The van der Waals surface area contributed by atoms with Crippen LogP contribution in [-0.4, -0.2) is 34.9 Å². The Hall–Kier alpha value is -2.34. The largest absolute Gasteiger partial charge is 0.384 e. The van der Waals surface area contributed by atoms with Gasteiger partial charge in [0.2, 0.25) is 0 Å². The maximum Gasteiger partial charge on any atom is 0.162 e. The number of unbranched alkanes of at least 4 members (excludes halogenated alkanes) is 4. The number of Topliss-reactive ketones (excluding diaryl/α,β-unsaturated/α-hetero) is 2. The number of nitrogens with two attached hydrogens (primary N) is 2. The van der Waals surface area contributed by atoms with Gasteiger partial charge in [-0.1, -0.05) is 79.9 Å². The Morgan fingerprint density at radius 1 is 0.719 bits per heavy atom. The molecule has 5 heteroatoms. The van der Waals surface area contributed by atoms with E-state index in [1.807, 2.05) is 60.7 Å². The Morgan fingerprint density at radius 3 is 1.81 bits per heavy atom. The molecule has 3 atom stereocenters. The highest BCUT2D eigenvalue weighted by molar-refractivity contribution is 5.83. The molecule has 0 amide bonds. The summed E-state index contributed by atoms with van der Waals surface area (Å²) in [6.07, 6.45) is 5.86. The zero-order chi connectivity index (χ0) is 23.2. The highest BCUT2D eigenvalue weighted by Gasteiger charge is 2.22. The lowest BCUT2D eigenvalue weighted by molar-refractivity contribution is -0.128. The van der Waals surface area contributed by atoms with E-state index in [0.29, 0.717) is 25.7 Å². The molecule has 0 aliphatic carbocycles. The summed E-state index contributed by atoms with van der Waals surface area (Å²) < 4.78 is 0. The van der Waals surface area contributed by atoms with Gasteiger partial charge in [-0.3, -0.25) is 9.59 Å². The van der Waals surface area contributed by atoms with Crippen molar-refractivity contribution in [2.75, 3.05) is 0 Å². The van der Waals surface area contributed by atoms with Crippen LogP contribution in [-0.2, 0) is 22.4 Å². The van der Waals surface area contributed by atoms with E-state index in [1.165, 1.54) is 0 Å². The van der Waals surface area contributed by atoms with Gasteiger partial charge in [0.1, 0.15) is 11.9 Å². The standard InChI is InChI=1S/C27H38N2O3/c28-23(18-21-12-6-4-7-13-21)20-24(30)16-10-2-1-3-11-17-26(31)27(32)25(29)19-22-14-8-5-9-15-22/h4-9,12-15,23,25,27,32H,1-3,10-11,16-20,28-29H2. The van der Waals surface area contributed by atoms with Crippen molar-refractivity contribution in [3.8, 4) is 0 Å². The smallest absolute Gasteiger partial charge is 0.162 e. The predicted octanol–water partition coefficient (Wildman–Crippen LogP) is 3.75. The number of hydrogen-bond acceptors (Lipinski definition) is 5. The van der Waals surface area contributed by atoms with Crippen LogP contribution in [0.3, 0.4) is 0 Å². The summed E-state index contributed by atoms with van der Waals surface area (Å²) in [4.78, 5) is 24.3. The number of aliphatic hydroxyl groups excluding tert-OH is 1. The Kier molecular flexibility index (Phi) is 11.9. The topological polar surface area (TPSA) is 106 Å². The third-order valence-electron chi connectivity index (χ3n) is 5.76. The monoisotopic (exact) mass is 438 g/mol. The van der Waals surface area contributed by atoms with Crippen molar-refractivity contribution in [2.45, 2.75) is 82.4 Å². The molecule has 0 heterocycles. The SMILES string of the molecule is NC(CC(=O)CCCCCCCC(=O)C(O)C(N)Cc1ccccc1)Cc1ccccc1. The van der Waals surface area contributed by atoms with Crippen LogP contribution in [0.4, 0.5) is 0 Å². The predicted molar refractivity (Wildman–Crippen MR) is 129 cm³/mol. The van der Waals surface area contributed by atoms with Crippen molar-refractivity contribution >= 4 is 11.6 Å². The molecule has 0 fully saturated rings. The van der Waals surface area contributed by atoms with Gasteiger partial charge in [-0.25, -0.2) is 0 Å². The van der Waals surface area contributed by atoms with Crippen molar-refractivity contribution in [3.05, 3.63) is 71.8 Å². The van der Waals surface area contributed by atoms with E-state index in [1.54, 1.807) is 0 Å². The molecule has 2 aromatic carbocycles. The van der Waals surface area contributed by atoms with Gasteiger partial charge in [0.05, 0.1) is 0 Å². The molecule has 0 aromatic heterocycles. The minimum absolute atomic E-state index is 0.129.